The highest BCUT2D eigenvalue weighted by molar-refractivity contribution is 6.04. The van der Waals surface area contributed by atoms with Gasteiger partial charge in [-0.2, -0.15) is 4.98 Å². The Morgan fingerprint density at radius 1 is 0.975 bits per heavy atom. The molecule has 0 radical (unpaired) electrons. The van der Waals surface area contributed by atoms with E-state index in [1.54, 1.807) is 6.07 Å². The van der Waals surface area contributed by atoms with Crippen molar-refractivity contribution in [2.75, 3.05) is 18.4 Å². The first-order valence-corrected chi connectivity index (χ1v) is 14.6. The molecule has 1 aliphatic carbocycles. The zero-order valence-corrected chi connectivity index (χ0v) is 23.9. The Morgan fingerprint density at radius 2 is 1.73 bits per heavy atom. The van der Waals surface area contributed by atoms with E-state index in [1.165, 1.54) is 12.0 Å². The van der Waals surface area contributed by atoms with Crippen molar-refractivity contribution >= 4 is 17.5 Å². The molecule has 40 heavy (non-hydrogen) atoms. The number of carbonyl (C=O) groups is 2. The van der Waals surface area contributed by atoms with E-state index in [1.807, 2.05) is 30.3 Å². The normalized spacial score (nSPS) is 18.8. The van der Waals surface area contributed by atoms with Gasteiger partial charge in [-0.05, 0) is 55.3 Å². The highest BCUT2D eigenvalue weighted by Gasteiger charge is 2.28. The zero-order valence-electron chi connectivity index (χ0n) is 23.9. The summed E-state index contributed by atoms with van der Waals surface area (Å²) in [6.45, 7) is 8.52. The summed E-state index contributed by atoms with van der Waals surface area (Å²) in [6.07, 6.45) is 7.27. The maximum Gasteiger partial charge on any atom is 0.253 e. The van der Waals surface area contributed by atoms with E-state index in [2.05, 4.69) is 58.6 Å². The van der Waals surface area contributed by atoms with Gasteiger partial charge in [0, 0.05) is 18.2 Å². The number of likely N-dealkylation sites (tertiary alicyclic amines) is 1. The fraction of sp³-hybridized carbons (Fsp3) is 0.500. The van der Waals surface area contributed by atoms with Crippen LogP contribution in [0.25, 0.3) is 11.4 Å². The molecule has 2 aliphatic rings. The fourth-order valence-corrected chi connectivity index (χ4v) is 5.70. The first kappa shape index (κ1) is 28.0. The first-order chi connectivity index (χ1) is 19.3. The summed E-state index contributed by atoms with van der Waals surface area (Å²) >= 11 is 0. The largest absolute Gasteiger partial charge is 0.349 e. The Balaban J connectivity index is 1.18. The van der Waals surface area contributed by atoms with Gasteiger partial charge in [-0.1, -0.05) is 81.6 Å². The van der Waals surface area contributed by atoms with Crippen molar-refractivity contribution in [3.05, 3.63) is 65.5 Å². The summed E-state index contributed by atoms with van der Waals surface area (Å²) in [7, 11) is 0. The average Bonchev–Trinajstić information content (AvgIpc) is 3.42. The van der Waals surface area contributed by atoms with Gasteiger partial charge >= 0.3 is 0 Å². The molecule has 1 aliphatic heterocycles. The number of para-hydroxylation sites is 1. The van der Waals surface area contributed by atoms with Crippen molar-refractivity contribution in [2.45, 2.75) is 83.7 Å². The van der Waals surface area contributed by atoms with Gasteiger partial charge in [0.15, 0.2) is 0 Å². The number of anilines is 1. The monoisotopic (exact) mass is 543 g/mol. The lowest BCUT2D eigenvalue weighted by molar-refractivity contribution is -0.121. The Bertz CT molecular complexity index is 1300. The number of piperidine rings is 1. The van der Waals surface area contributed by atoms with Crippen LogP contribution in [0.15, 0.2) is 53.1 Å². The van der Waals surface area contributed by atoms with Crippen LogP contribution in [-0.4, -0.2) is 46.0 Å². The van der Waals surface area contributed by atoms with E-state index in [9.17, 15) is 9.59 Å². The molecule has 2 amide bonds. The van der Waals surface area contributed by atoms with E-state index in [-0.39, 0.29) is 29.2 Å². The van der Waals surface area contributed by atoms with Crippen LogP contribution in [0.5, 0.6) is 0 Å². The summed E-state index contributed by atoms with van der Waals surface area (Å²) in [5.41, 5.74) is 3.34. The lowest BCUT2D eigenvalue weighted by Gasteiger charge is -2.31. The molecule has 3 aromatic rings. The molecule has 1 saturated carbocycles. The molecule has 2 fully saturated rings. The molecular formula is C32H41N5O3. The molecule has 8 heteroatoms. The minimum absolute atomic E-state index is 0.0622. The number of hydrogen-bond donors (Lipinski definition) is 2. The summed E-state index contributed by atoms with van der Waals surface area (Å²) in [5, 5.41) is 10.4. The predicted octanol–water partition coefficient (Wildman–Crippen LogP) is 5.95. The van der Waals surface area contributed by atoms with Crippen molar-refractivity contribution in [2.24, 2.45) is 5.92 Å². The Morgan fingerprint density at radius 3 is 2.48 bits per heavy atom. The molecule has 0 spiro atoms. The third-order valence-corrected chi connectivity index (χ3v) is 8.08. The fourth-order valence-electron chi connectivity index (χ4n) is 5.70. The van der Waals surface area contributed by atoms with Crippen LogP contribution in [0, 0.1) is 5.92 Å². The Hall–Kier alpha value is -3.52. The van der Waals surface area contributed by atoms with Crippen LogP contribution in [0.2, 0.25) is 0 Å². The number of carbonyl (C=O) groups excluding carboxylic acids is 2. The third-order valence-electron chi connectivity index (χ3n) is 8.08. The van der Waals surface area contributed by atoms with Crippen molar-refractivity contribution in [3.8, 4) is 11.4 Å². The molecule has 2 heterocycles. The smallest absolute Gasteiger partial charge is 0.253 e. The molecule has 2 aromatic carbocycles. The maximum atomic E-state index is 13.3. The number of rotatable bonds is 7. The molecule has 1 unspecified atom stereocenters. The van der Waals surface area contributed by atoms with Crippen LogP contribution in [-0.2, 0) is 16.8 Å². The second-order valence-electron chi connectivity index (χ2n) is 12.3. The minimum atomic E-state index is -0.185. The Kier molecular flexibility index (Phi) is 8.64. The van der Waals surface area contributed by atoms with Gasteiger partial charge < -0.3 is 15.2 Å². The minimum Gasteiger partial charge on any atom is -0.349 e. The standard InChI is InChI=1S/C32H41N5O3/c1-32(2,3)24-17-15-22(16-18-24)29-35-28(40-36-29)21-37-19-9-10-23(20-37)30(38)34-27-14-8-7-13-26(27)31(39)33-25-11-5-4-6-12-25/h7-8,13-18,23,25H,4-6,9-12,19-21H2,1-3H3,(H,33,39)(H,34,38). The van der Waals surface area contributed by atoms with Gasteiger partial charge in [-0.15, -0.1) is 0 Å². The van der Waals surface area contributed by atoms with Gasteiger partial charge in [0.05, 0.1) is 23.7 Å². The van der Waals surface area contributed by atoms with Crippen LogP contribution in [0.4, 0.5) is 5.69 Å². The molecule has 5 rings (SSSR count). The second-order valence-corrected chi connectivity index (χ2v) is 12.3. The SMILES string of the molecule is CC(C)(C)c1ccc(-c2noc(CN3CCCC(C(=O)Nc4ccccc4C(=O)NC4CCCCC4)C3)n2)cc1. The van der Waals surface area contributed by atoms with Gasteiger partial charge in [-0.25, -0.2) is 0 Å². The average molecular weight is 544 g/mol. The van der Waals surface area contributed by atoms with Crippen molar-refractivity contribution in [1.82, 2.24) is 20.4 Å². The lowest BCUT2D eigenvalue weighted by Crippen LogP contribution is -2.40. The van der Waals surface area contributed by atoms with Gasteiger partial charge in [0.2, 0.25) is 17.6 Å². The predicted molar refractivity (Wildman–Crippen MR) is 156 cm³/mol. The van der Waals surface area contributed by atoms with Crippen LogP contribution in [0.3, 0.4) is 0 Å². The highest BCUT2D eigenvalue weighted by Crippen LogP contribution is 2.26. The van der Waals surface area contributed by atoms with Crippen molar-refractivity contribution in [3.63, 3.8) is 0 Å². The van der Waals surface area contributed by atoms with Crippen LogP contribution < -0.4 is 10.6 Å². The molecule has 1 atom stereocenters. The van der Waals surface area contributed by atoms with E-state index < -0.39 is 0 Å². The second kappa shape index (κ2) is 12.3. The first-order valence-electron chi connectivity index (χ1n) is 14.6. The molecule has 8 nitrogen and oxygen atoms in total. The number of aromatic nitrogens is 2. The molecular weight excluding hydrogens is 502 g/mol. The van der Waals surface area contributed by atoms with E-state index in [0.29, 0.717) is 36.1 Å². The van der Waals surface area contributed by atoms with Gasteiger partial charge in [-0.3, -0.25) is 14.5 Å². The molecule has 1 saturated heterocycles. The van der Waals surface area contributed by atoms with E-state index in [0.717, 1.165) is 50.6 Å². The van der Waals surface area contributed by atoms with Crippen molar-refractivity contribution in [1.29, 1.82) is 0 Å². The Labute approximate surface area is 236 Å². The molecule has 1 aromatic heterocycles. The maximum absolute atomic E-state index is 13.3. The van der Waals surface area contributed by atoms with Crippen molar-refractivity contribution < 1.29 is 14.1 Å². The topological polar surface area (TPSA) is 100 Å². The molecule has 2 N–H and O–H groups in total. The molecule has 0 bridgehead atoms. The number of nitrogens with one attached hydrogen (secondary N) is 2. The van der Waals surface area contributed by atoms with Gasteiger partial charge in [0.25, 0.3) is 5.91 Å². The summed E-state index contributed by atoms with van der Waals surface area (Å²) in [6, 6.07) is 15.8. The van der Waals surface area contributed by atoms with Crippen LogP contribution >= 0.6 is 0 Å². The lowest BCUT2D eigenvalue weighted by atomic mass is 9.87. The van der Waals surface area contributed by atoms with Gasteiger partial charge in [0.1, 0.15) is 0 Å². The number of nitrogens with zero attached hydrogens (tertiary/aromatic N) is 3. The third kappa shape index (κ3) is 6.97. The number of benzene rings is 2. The van der Waals surface area contributed by atoms with Crippen LogP contribution in [0.1, 0.15) is 87.5 Å². The van der Waals surface area contributed by atoms with E-state index >= 15 is 0 Å². The summed E-state index contributed by atoms with van der Waals surface area (Å²) < 4.78 is 5.57. The zero-order chi connectivity index (χ0) is 28.1. The number of hydrogen-bond acceptors (Lipinski definition) is 6. The number of amides is 2. The molecule has 212 valence electrons. The highest BCUT2D eigenvalue weighted by atomic mass is 16.5. The summed E-state index contributed by atoms with van der Waals surface area (Å²) in [5.74, 6) is 0.752. The van der Waals surface area contributed by atoms with E-state index in [4.69, 9.17) is 4.52 Å². The summed E-state index contributed by atoms with van der Waals surface area (Å²) in [4.78, 5) is 33.1. The quantitative estimate of drug-likeness (QED) is 0.382.